The van der Waals surface area contributed by atoms with Gasteiger partial charge in [-0.25, -0.2) is 4.98 Å². The second-order valence-corrected chi connectivity index (χ2v) is 7.02. The number of hydrogen-bond acceptors (Lipinski definition) is 5. The molecule has 0 unspecified atom stereocenters. The predicted octanol–water partition coefficient (Wildman–Crippen LogP) is 2.90. The first-order valence-corrected chi connectivity index (χ1v) is 9.52. The molecule has 28 heavy (non-hydrogen) atoms. The van der Waals surface area contributed by atoms with Gasteiger partial charge in [0.25, 0.3) is 5.91 Å². The standard InChI is InChI=1S/C21H23N5O2/c1-16-6-4-10-20(24-16)28-15-17-7-5-13-25(14-17)21(27)18-8-2-3-9-19(18)26-22-11-12-23-26/h2-4,6,8-12,17H,5,7,13-15H2,1H3/t17-/m1/s1. The quantitative estimate of drug-likeness (QED) is 0.684. The molecule has 1 aromatic carbocycles. The van der Waals surface area contributed by atoms with Gasteiger partial charge in [-0.2, -0.15) is 15.0 Å². The van der Waals surface area contributed by atoms with Crippen LogP contribution in [0.25, 0.3) is 5.69 Å². The molecule has 0 N–H and O–H groups in total. The largest absolute Gasteiger partial charge is 0.477 e. The Labute approximate surface area is 164 Å². The summed E-state index contributed by atoms with van der Waals surface area (Å²) in [6.07, 6.45) is 5.21. The minimum atomic E-state index is 0.00582. The number of aromatic nitrogens is 4. The third-order valence-corrected chi connectivity index (χ3v) is 4.90. The molecule has 1 aliphatic heterocycles. The van der Waals surface area contributed by atoms with Crippen LogP contribution in [0, 0.1) is 12.8 Å². The molecule has 2 aromatic heterocycles. The zero-order chi connectivity index (χ0) is 19.3. The average Bonchev–Trinajstić information content (AvgIpc) is 3.27. The SMILES string of the molecule is Cc1cccc(OC[C@@H]2CCCN(C(=O)c3ccccc3-n3nccn3)C2)n1. The molecule has 144 valence electrons. The maximum Gasteiger partial charge on any atom is 0.256 e. The molecule has 4 rings (SSSR count). The van der Waals surface area contributed by atoms with Gasteiger partial charge in [-0.15, -0.1) is 0 Å². The summed E-state index contributed by atoms with van der Waals surface area (Å²) in [5, 5.41) is 8.34. The van der Waals surface area contributed by atoms with E-state index in [0.717, 1.165) is 25.1 Å². The number of benzene rings is 1. The van der Waals surface area contributed by atoms with E-state index in [1.54, 1.807) is 12.4 Å². The Kier molecular flexibility index (Phi) is 5.32. The lowest BCUT2D eigenvalue weighted by Crippen LogP contribution is -2.42. The van der Waals surface area contributed by atoms with E-state index >= 15 is 0 Å². The molecule has 1 fully saturated rings. The van der Waals surface area contributed by atoms with Crippen molar-refractivity contribution in [3.63, 3.8) is 0 Å². The molecule has 3 aromatic rings. The fraction of sp³-hybridized carbons (Fsp3) is 0.333. The van der Waals surface area contributed by atoms with Crippen molar-refractivity contribution in [2.75, 3.05) is 19.7 Å². The number of ether oxygens (including phenoxy) is 1. The Morgan fingerprint density at radius 1 is 1.14 bits per heavy atom. The first-order chi connectivity index (χ1) is 13.7. The van der Waals surface area contributed by atoms with Crippen molar-refractivity contribution in [2.45, 2.75) is 19.8 Å². The van der Waals surface area contributed by atoms with Gasteiger partial charge in [0.05, 0.1) is 30.3 Å². The number of piperidine rings is 1. The zero-order valence-corrected chi connectivity index (χ0v) is 15.9. The van der Waals surface area contributed by atoms with Crippen LogP contribution >= 0.6 is 0 Å². The van der Waals surface area contributed by atoms with Crippen LogP contribution in [0.3, 0.4) is 0 Å². The highest BCUT2D eigenvalue weighted by molar-refractivity contribution is 5.97. The molecule has 7 heteroatoms. The summed E-state index contributed by atoms with van der Waals surface area (Å²) in [6, 6.07) is 13.2. The first kappa shape index (κ1) is 18.2. The topological polar surface area (TPSA) is 73.1 Å². The second-order valence-electron chi connectivity index (χ2n) is 7.02. The summed E-state index contributed by atoms with van der Waals surface area (Å²) in [5.74, 6) is 0.930. The highest BCUT2D eigenvalue weighted by Gasteiger charge is 2.27. The van der Waals surface area contributed by atoms with Crippen molar-refractivity contribution >= 4 is 5.91 Å². The molecule has 7 nitrogen and oxygen atoms in total. The minimum absolute atomic E-state index is 0.00582. The van der Waals surface area contributed by atoms with Crippen molar-refractivity contribution in [2.24, 2.45) is 5.92 Å². The summed E-state index contributed by atoms with van der Waals surface area (Å²) in [6.45, 7) is 3.92. The number of amides is 1. The maximum absolute atomic E-state index is 13.2. The lowest BCUT2D eigenvalue weighted by molar-refractivity contribution is 0.0631. The summed E-state index contributed by atoms with van der Waals surface area (Å²) >= 11 is 0. The average molecular weight is 377 g/mol. The van der Waals surface area contributed by atoms with Crippen LogP contribution in [0.4, 0.5) is 0 Å². The first-order valence-electron chi connectivity index (χ1n) is 9.52. The second kappa shape index (κ2) is 8.21. The van der Waals surface area contributed by atoms with Crippen LogP contribution in [-0.4, -0.2) is 50.5 Å². The highest BCUT2D eigenvalue weighted by atomic mass is 16.5. The van der Waals surface area contributed by atoms with E-state index < -0.39 is 0 Å². The van der Waals surface area contributed by atoms with E-state index in [4.69, 9.17) is 4.74 Å². The van der Waals surface area contributed by atoms with Gasteiger partial charge in [-0.05, 0) is 38.0 Å². The monoisotopic (exact) mass is 377 g/mol. The molecule has 0 radical (unpaired) electrons. The number of carbonyl (C=O) groups excluding carboxylic acids is 1. The van der Waals surface area contributed by atoms with E-state index in [2.05, 4.69) is 15.2 Å². The number of aryl methyl sites for hydroxylation is 1. The number of hydrogen-bond donors (Lipinski definition) is 0. The fourth-order valence-electron chi connectivity index (χ4n) is 3.53. The molecule has 0 spiro atoms. The van der Waals surface area contributed by atoms with E-state index in [9.17, 15) is 4.79 Å². The van der Waals surface area contributed by atoms with Gasteiger partial charge in [0.15, 0.2) is 0 Å². The van der Waals surface area contributed by atoms with Crippen molar-refractivity contribution < 1.29 is 9.53 Å². The summed E-state index contributed by atoms with van der Waals surface area (Å²) in [5.41, 5.74) is 2.24. The minimum Gasteiger partial charge on any atom is -0.477 e. The number of rotatable bonds is 5. The Bertz CT molecular complexity index is 941. The molecular weight excluding hydrogens is 354 g/mol. The summed E-state index contributed by atoms with van der Waals surface area (Å²) in [7, 11) is 0. The van der Waals surface area contributed by atoms with Crippen molar-refractivity contribution in [3.8, 4) is 11.6 Å². The number of para-hydroxylation sites is 1. The van der Waals surface area contributed by atoms with Gasteiger partial charge < -0.3 is 9.64 Å². The van der Waals surface area contributed by atoms with E-state index in [0.29, 0.717) is 30.3 Å². The molecule has 0 aliphatic carbocycles. The number of likely N-dealkylation sites (tertiary alicyclic amines) is 1. The van der Waals surface area contributed by atoms with Crippen LogP contribution in [0.2, 0.25) is 0 Å². The number of carbonyl (C=O) groups is 1. The van der Waals surface area contributed by atoms with E-state index in [1.807, 2.05) is 54.3 Å². The Morgan fingerprint density at radius 3 is 2.79 bits per heavy atom. The predicted molar refractivity (Wildman–Crippen MR) is 104 cm³/mol. The van der Waals surface area contributed by atoms with Crippen LogP contribution in [0.15, 0.2) is 54.9 Å². The van der Waals surface area contributed by atoms with Crippen molar-refractivity contribution in [1.82, 2.24) is 24.9 Å². The number of pyridine rings is 1. The molecule has 1 atom stereocenters. The molecule has 0 saturated carbocycles. The lowest BCUT2D eigenvalue weighted by Gasteiger charge is -2.33. The normalized spacial score (nSPS) is 16.8. The van der Waals surface area contributed by atoms with Gasteiger partial charge in [0.1, 0.15) is 0 Å². The smallest absolute Gasteiger partial charge is 0.256 e. The Balaban J connectivity index is 1.44. The van der Waals surface area contributed by atoms with E-state index in [-0.39, 0.29) is 11.8 Å². The van der Waals surface area contributed by atoms with Gasteiger partial charge >= 0.3 is 0 Å². The van der Waals surface area contributed by atoms with E-state index in [1.165, 1.54) is 4.80 Å². The highest BCUT2D eigenvalue weighted by Crippen LogP contribution is 2.22. The Morgan fingerprint density at radius 2 is 1.96 bits per heavy atom. The molecule has 1 amide bonds. The molecular formula is C21H23N5O2. The summed E-state index contributed by atoms with van der Waals surface area (Å²) in [4.78, 5) is 21.0. The van der Waals surface area contributed by atoms with Gasteiger partial charge in [0.2, 0.25) is 5.88 Å². The zero-order valence-electron chi connectivity index (χ0n) is 15.9. The Hall–Kier alpha value is -3.22. The third-order valence-electron chi connectivity index (χ3n) is 4.90. The molecule has 1 aliphatic rings. The number of nitrogens with zero attached hydrogens (tertiary/aromatic N) is 5. The third kappa shape index (κ3) is 4.03. The van der Waals surface area contributed by atoms with Crippen LogP contribution in [0.1, 0.15) is 28.9 Å². The fourth-order valence-corrected chi connectivity index (χ4v) is 3.53. The van der Waals surface area contributed by atoms with Crippen LogP contribution in [-0.2, 0) is 0 Å². The maximum atomic E-state index is 13.2. The van der Waals surface area contributed by atoms with Crippen LogP contribution < -0.4 is 4.74 Å². The lowest BCUT2D eigenvalue weighted by atomic mass is 9.98. The molecule has 1 saturated heterocycles. The summed E-state index contributed by atoms with van der Waals surface area (Å²) < 4.78 is 5.87. The van der Waals surface area contributed by atoms with Crippen LogP contribution in [0.5, 0.6) is 5.88 Å². The van der Waals surface area contributed by atoms with Gasteiger partial charge in [0, 0.05) is 30.8 Å². The van der Waals surface area contributed by atoms with Crippen molar-refractivity contribution in [1.29, 1.82) is 0 Å². The molecule has 0 bridgehead atoms. The van der Waals surface area contributed by atoms with Crippen molar-refractivity contribution in [3.05, 3.63) is 66.1 Å². The van der Waals surface area contributed by atoms with Gasteiger partial charge in [-0.3, -0.25) is 4.79 Å². The molecule has 3 heterocycles. The van der Waals surface area contributed by atoms with Gasteiger partial charge in [-0.1, -0.05) is 18.2 Å².